The summed E-state index contributed by atoms with van der Waals surface area (Å²) in [5.74, 6) is -0.472. The Morgan fingerprint density at radius 1 is 1.50 bits per heavy atom. The number of benzene rings is 1. The molecule has 1 rings (SSSR count). The SMILES string of the molecule is CC(C)NC(C)(COc1ccccc1[N+](=O)[O-])C(N)=O. The quantitative estimate of drug-likeness (QED) is 0.577. The van der Waals surface area contributed by atoms with Crippen LogP contribution < -0.4 is 15.8 Å². The number of rotatable bonds is 7. The molecule has 1 unspecified atom stereocenters. The lowest BCUT2D eigenvalue weighted by molar-refractivity contribution is -0.385. The second-order valence-electron chi connectivity index (χ2n) is 5.01. The van der Waals surface area contributed by atoms with Gasteiger partial charge in [0, 0.05) is 12.1 Å². The number of ether oxygens (including phenoxy) is 1. The number of nitro benzene ring substituents is 1. The van der Waals surface area contributed by atoms with Crippen LogP contribution in [0.3, 0.4) is 0 Å². The van der Waals surface area contributed by atoms with Gasteiger partial charge in [-0.25, -0.2) is 0 Å². The van der Waals surface area contributed by atoms with Crippen LogP contribution in [0.15, 0.2) is 24.3 Å². The van der Waals surface area contributed by atoms with E-state index in [1.54, 1.807) is 19.1 Å². The zero-order valence-corrected chi connectivity index (χ0v) is 11.8. The smallest absolute Gasteiger partial charge is 0.310 e. The van der Waals surface area contributed by atoms with E-state index in [4.69, 9.17) is 10.5 Å². The highest BCUT2D eigenvalue weighted by molar-refractivity contribution is 5.84. The van der Waals surface area contributed by atoms with Crippen molar-refractivity contribution >= 4 is 11.6 Å². The number of hydrogen-bond acceptors (Lipinski definition) is 5. The summed E-state index contributed by atoms with van der Waals surface area (Å²) in [4.78, 5) is 21.9. The van der Waals surface area contributed by atoms with Gasteiger partial charge < -0.3 is 10.5 Å². The zero-order valence-electron chi connectivity index (χ0n) is 11.8. The van der Waals surface area contributed by atoms with Crippen molar-refractivity contribution < 1.29 is 14.5 Å². The van der Waals surface area contributed by atoms with Gasteiger partial charge in [0.1, 0.15) is 12.1 Å². The van der Waals surface area contributed by atoms with E-state index in [0.29, 0.717) is 0 Å². The molecule has 20 heavy (non-hydrogen) atoms. The molecule has 0 radical (unpaired) electrons. The molecule has 0 saturated heterocycles. The number of nitro groups is 1. The number of carbonyl (C=O) groups excluding carboxylic acids is 1. The van der Waals surface area contributed by atoms with E-state index in [0.717, 1.165) is 0 Å². The van der Waals surface area contributed by atoms with Crippen molar-refractivity contribution in [2.24, 2.45) is 5.73 Å². The van der Waals surface area contributed by atoms with Crippen LogP contribution in [0.4, 0.5) is 5.69 Å². The van der Waals surface area contributed by atoms with Crippen molar-refractivity contribution in [3.05, 3.63) is 34.4 Å². The van der Waals surface area contributed by atoms with Crippen LogP contribution in [0.25, 0.3) is 0 Å². The number of para-hydroxylation sites is 2. The topological polar surface area (TPSA) is 107 Å². The number of hydrogen-bond donors (Lipinski definition) is 2. The molecule has 7 heteroatoms. The molecule has 0 bridgehead atoms. The minimum atomic E-state index is -1.10. The summed E-state index contributed by atoms with van der Waals surface area (Å²) in [5, 5.41) is 13.9. The van der Waals surface area contributed by atoms with Gasteiger partial charge in [0.25, 0.3) is 0 Å². The largest absolute Gasteiger partial charge is 0.484 e. The van der Waals surface area contributed by atoms with Crippen LogP contribution >= 0.6 is 0 Å². The molecule has 0 heterocycles. The Kier molecular flexibility index (Phi) is 5.04. The summed E-state index contributed by atoms with van der Waals surface area (Å²) >= 11 is 0. The maximum Gasteiger partial charge on any atom is 0.310 e. The van der Waals surface area contributed by atoms with Gasteiger partial charge in [-0.05, 0) is 26.8 Å². The van der Waals surface area contributed by atoms with Crippen LogP contribution in [0, 0.1) is 10.1 Å². The molecule has 1 aromatic carbocycles. The van der Waals surface area contributed by atoms with Gasteiger partial charge in [0.15, 0.2) is 5.75 Å². The monoisotopic (exact) mass is 281 g/mol. The van der Waals surface area contributed by atoms with Gasteiger partial charge in [0.2, 0.25) is 5.91 Å². The zero-order chi connectivity index (χ0) is 15.3. The predicted octanol–water partition coefficient (Wildman–Crippen LogP) is 1.22. The molecule has 0 saturated carbocycles. The first-order valence-corrected chi connectivity index (χ1v) is 6.20. The highest BCUT2D eigenvalue weighted by Gasteiger charge is 2.33. The molecule has 0 aromatic heterocycles. The van der Waals surface area contributed by atoms with E-state index in [2.05, 4.69) is 5.32 Å². The molecule has 110 valence electrons. The number of nitrogens with zero attached hydrogens (tertiary/aromatic N) is 1. The van der Waals surface area contributed by atoms with Crippen LogP contribution in [0.5, 0.6) is 5.75 Å². The van der Waals surface area contributed by atoms with Gasteiger partial charge in [-0.1, -0.05) is 12.1 Å². The Bertz CT molecular complexity index is 504. The molecular formula is C13H19N3O4. The minimum absolute atomic E-state index is 0.0156. The average Bonchev–Trinajstić information content (AvgIpc) is 2.35. The second kappa shape index (κ2) is 6.33. The molecule has 1 atom stereocenters. The highest BCUT2D eigenvalue weighted by atomic mass is 16.6. The summed E-state index contributed by atoms with van der Waals surface area (Å²) in [6.45, 7) is 5.24. The fraction of sp³-hybridized carbons (Fsp3) is 0.462. The molecule has 3 N–H and O–H groups in total. The van der Waals surface area contributed by atoms with Crippen molar-refractivity contribution in [2.45, 2.75) is 32.4 Å². The van der Waals surface area contributed by atoms with Gasteiger partial charge in [0.05, 0.1) is 4.92 Å². The molecule has 0 aliphatic heterocycles. The molecule has 0 fully saturated rings. The standard InChI is InChI=1S/C13H19N3O4/c1-9(2)15-13(3,12(14)17)8-20-11-7-5-4-6-10(11)16(18)19/h4-7,9,15H,8H2,1-3H3,(H2,14,17). The van der Waals surface area contributed by atoms with Crippen LogP contribution in [-0.2, 0) is 4.79 Å². The van der Waals surface area contributed by atoms with Crippen molar-refractivity contribution in [1.82, 2.24) is 5.32 Å². The summed E-state index contributed by atoms with van der Waals surface area (Å²) in [5.41, 5.74) is 4.12. The third-order valence-electron chi connectivity index (χ3n) is 2.73. The normalized spacial score (nSPS) is 13.8. The molecular weight excluding hydrogens is 262 g/mol. The lowest BCUT2D eigenvalue weighted by Gasteiger charge is -2.29. The fourth-order valence-corrected chi connectivity index (χ4v) is 1.77. The van der Waals surface area contributed by atoms with E-state index in [-0.39, 0.29) is 24.1 Å². The third-order valence-corrected chi connectivity index (χ3v) is 2.73. The first-order chi connectivity index (χ1) is 9.26. The minimum Gasteiger partial charge on any atom is -0.484 e. The summed E-state index contributed by atoms with van der Waals surface area (Å²) in [7, 11) is 0. The Labute approximate surface area is 117 Å². The van der Waals surface area contributed by atoms with Gasteiger partial charge in [-0.3, -0.25) is 20.2 Å². The first-order valence-electron chi connectivity index (χ1n) is 6.20. The fourth-order valence-electron chi connectivity index (χ4n) is 1.77. The summed E-state index contributed by atoms with van der Waals surface area (Å²) < 4.78 is 5.42. The van der Waals surface area contributed by atoms with Gasteiger partial charge in [-0.2, -0.15) is 0 Å². The number of amides is 1. The van der Waals surface area contributed by atoms with Crippen molar-refractivity contribution in [3.8, 4) is 5.75 Å². The van der Waals surface area contributed by atoms with E-state index in [9.17, 15) is 14.9 Å². The highest BCUT2D eigenvalue weighted by Crippen LogP contribution is 2.26. The van der Waals surface area contributed by atoms with Crippen LogP contribution in [-0.4, -0.2) is 29.0 Å². The number of nitrogens with two attached hydrogens (primary N) is 1. The Hall–Kier alpha value is -2.15. The molecule has 0 spiro atoms. The molecule has 0 aliphatic carbocycles. The van der Waals surface area contributed by atoms with Crippen LogP contribution in [0.2, 0.25) is 0 Å². The van der Waals surface area contributed by atoms with Crippen molar-refractivity contribution in [2.75, 3.05) is 6.61 Å². The third kappa shape index (κ3) is 3.92. The molecule has 7 nitrogen and oxygen atoms in total. The summed E-state index contributed by atoms with van der Waals surface area (Å²) in [6, 6.07) is 6.01. The maximum absolute atomic E-state index is 11.5. The molecule has 0 aliphatic rings. The van der Waals surface area contributed by atoms with E-state index < -0.39 is 16.4 Å². The van der Waals surface area contributed by atoms with E-state index in [1.165, 1.54) is 12.1 Å². The number of nitrogens with one attached hydrogen (secondary N) is 1. The number of carbonyl (C=O) groups is 1. The molecule has 1 aromatic rings. The second-order valence-corrected chi connectivity index (χ2v) is 5.01. The van der Waals surface area contributed by atoms with Gasteiger partial charge in [-0.15, -0.1) is 0 Å². The lowest BCUT2D eigenvalue weighted by Crippen LogP contribution is -2.59. The van der Waals surface area contributed by atoms with E-state index in [1.807, 2.05) is 13.8 Å². The van der Waals surface area contributed by atoms with Crippen molar-refractivity contribution in [3.63, 3.8) is 0 Å². The summed E-state index contributed by atoms with van der Waals surface area (Å²) in [6.07, 6.45) is 0. The maximum atomic E-state index is 11.5. The van der Waals surface area contributed by atoms with Gasteiger partial charge >= 0.3 is 5.69 Å². The lowest BCUT2D eigenvalue weighted by atomic mass is 10.0. The van der Waals surface area contributed by atoms with Crippen molar-refractivity contribution in [1.29, 1.82) is 0 Å². The Morgan fingerprint density at radius 3 is 2.60 bits per heavy atom. The number of primary amides is 1. The van der Waals surface area contributed by atoms with E-state index >= 15 is 0 Å². The first kappa shape index (κ1) is 15.9. The van der Waals surface area contributed by atoms with Crippen LogP contribution in [0.1, 0.15) is 20.8 Å². The Balaban J connectivity index is 2.88. The predicted molar refractivity (Wildman–Crippen MR) is 74.5 cm³/mol. The molecule has 1 amide bonds. The average molecular weight is 281 g/mol. The Morgan fingerprint density at radius 2 is 2.10 bits per heavy atom.